The van der Waals surface area contributed by atoms with Gasteiger partial charge in [-0.25, -0.2) is 5.43 Å². The quantitative estimate of drug-likeness (QED) is 0.397. The van der Waals surface area contributed by atoms with Gasteiger partial charge in [0.05, 0.1) is 29.9 Å². The summed E-state index contributed by atoms with van der Waals surface area (Å²) in [6.07, 6.45) is 1.33. The Morgan fingerprint density at radius 1 is 1.21 bits per heavy atom. The summed E-state index contributed by atoms with van der Waals surface area (Å²) < 4.78 is 10.6. The van der Waals surface area contributed by atoms with Crippen LogP contribution in [0.25, 0.3) is 11.3 Å². The Hall–Kier alpha value is -3.94. The molecule has 0 spiro atoms. The van der Waals surface area contributed by atoms with Gasteiger partial charge in [0.25, 0.3) is 11.6 Å². The van der Waals surface area contributed by atoms with Crippen LogP contribution in [0.4, 0.5) is 5.69 Å². The first kappa shape index (κ1) is 18.8. The average Bonchev–Trinajstić information content (AvgIpc) is 3.16. The highest BCUT2D eigenvalue weighted by atomic mass is 16.6. The van der Waals surface area contributed by atoms with Crippen LogP contribution in [0.15, 0.2) is 64.1 Å². The van der Waals surface area contributed by atoms with E-state index in [1.165, 1.54) is 19.4 Å². The Labute approximate surface area is 160 Å². The summed E-state index contributed by atoms with van der Waals surface area (Å²) in [6.45, 7) is 1.83. The van der Waals surface area contributed by atoms with Gasteiger partial charge in [-0.1, -0.05) is 18.2 Å². The minimum Gasteiger partial charge on any atom is -0.497 e. The molecule has 0 aliphatic carbocycles. The van der Waals surface area contributed by atoms with E-state index in [0.717, 1.165) is 5.56 Å². The molecule has 28 heavy (non-hydrogen) atoms. The van der Waals surface area contributed by atoms with E-state index in [-0.39, 0.29) is 11.6 Å². The number of nitro benzene ring substituents is 1. The van der Waals surface area contributed by atoms with Crippen LogP contribution in [0.2, 0.25) is 0 Å². The number of hydrogen-bond donors (Lipinski definition) is 1. The van der Waals surface area contributed by atoms with Crippen molar-refractivity contribution in [3.63, 3.8) is 0 Å². The molecule has 0 aliphatic rings. The number of ether oxygens (including phenoxy) is 1. The van der Waals surface area contributed by atoms with Crippen molar-refractivity contribution in [3.05, 3.63) is 81.6 Å². The zero-order chi connectivity index (χ0) is 20.1. The fourth-order valence-electron chi connectivity index (χ4n) is 2.61. The van der Waals surface area contributed by atoms with E-state index in [1.54, 1.807) is 36.4 Å². The molecule has 0 atom stereocenters. The molecule has 0 fully saturated rings. The van der Waals surface area contributed by atoms with Gasteiger partial charge < -0.3 is 9.15 Å². The van der Waals surface area contributed by atoms with Gasteiger partial charge in [0.1, 0.15) is 17.3 Å². The van der Waals surface area contributed by atoms with Crippen molar-refractivity contribution in [1.82, 2.24) is 5.43 Å². The van der Waals surface area contributed by atoms with Gasteiger partial charge >= 0.3 is 0 Å². The molecule has 1 amide bonds. The van der Waals surface area contributed by atoms with Gasteiger partial charge in [0, 0.05) is 5.56 Å². The molecule has 0 saturated heterocycles. The standard InChI is InChI=1S/C20H17N3O5/c1-13-5-3-4-6-16(13)20(24)22-21-12-15-8-10-19(28-15)17-9-7-14(27-2)11-18(17)23(25)26/h3-12H,1-2H3,(H,22,24)/b21-12+. The number of nitrogens with one attached hydrogen (secondary N) is 1. The van der Waals surface area contributed by atoms with Gasteiger partial charge in [-0.05, 0) is 42.8 Å². The third-order valence-electron chi connectivity index (χ3n) is 4.04. The first-order chi connectivity index (χ1) is 13.5. The predicted molar refractivity (Wildman–Crippen MR) is 104 cm³/mol. The van der Waals surface area contributed by atoms with E-state index < -0.39 is 4.92 Å². The molecule has 142 valence electrons. The molecule has 0 saturated carbocycles. The number of methoxy groups -OCH3 is 1. The molecule has 0 aliphatic heterocycles. The number of rotatable bonds is 6. The number of nitrogens with zero attached hydrogens (tertiary/aromatic N) is 2. The second-order valence-corrected chi connectivity index (χ2v) is 5.86. The van der Waals surface area contributed by atoms with Crippen molar-refractivity contribution in [2.24, 2.45) is 5.10 Å². The summed E-state index contributed by atoms with van der Waals surface area (Å²) in [5, 5.41) is 15.2. The predicted octanol–water partition coefficient (Wildman–Crippen LogP) is 3.94. The minimum absolute atomic E-state index is 0.134. The number of carbonyl (C=O) groups is 1. The first-order valence-electron chi connectivity index (χ1n) is 8.31. The van der Waals surface area contributed by atoms with Crippen LogP contribution >= 0.6 is 0 Å². The van der Waals surface area contributed by atoms with Gasteiger partial charge in [0.2, 0.25) is 0 Å². The van der Waals surface area contributed by atoms with Crippen molar-refractivity contribution in [1.29, 1.82) is 0 Å². The second kappa shape index (κ2) is 8.17. The maximum absolute atomic E-state index is 12.1. The monoisotopic (exact) mass is 379 g/mol. The molecule has 1 aromatic heterocycles. The summed E-state index contributed by atoms with van der Waals surface area (Å²) in [7, 11) is 1.44. The Bertz CT molecular complexity index is 1060. The number of carbonyl (C=O) groups excluding carboxylic acids is 1. The Balaban J connectivity index is 1.76. The smallest absolute Gasteiger partial charge is 0.284 e. The van der Waals surface area contributed by atoms with E-state index in [4.69, 9.17) is 9.15 Å². The molecule has 0 bridgehead atoms. The van der Waals surface area contributed by atoms with E-state index >= 15 is 0 Å². The lowest BCUT2D eigenvalue weighted by molar-refractivity contribution is -0.384. The number of benzene rings is 2. The fraction of sp³-hybridized carbons (Fsp3) is 0.100. The summed E-state index contributed by atoms with van der Waals surface area (Å²) in [6, 6.07) is 14.8. The molecule has 1 heterocycles. The van der Waals surface area contributed by atoms with Crippen molar-refractivity contribution in [2.75, 3.05) is 7.11 Å². The van der Waals surface area contributed by atoms with Crippen LogP contribution in [-0.4, -0.2) is 24.2 Å². The minimum atomic E-state index is -0.503. The Kier molecular flexibility index (Phi) is 5.50. The molecule has 0 unspecified atom stereocenters. The lowest BCUT2D eigenvalue weighted by Crippen LogP contribution is -2.18. The maximum atomic E-state index is 12.1. The number of nitro groups is 1. The zero-order valence-corrected chi connectivity index (χ0v) is 15.2. The molecule has 3 aromatic rings. The Morgan fingerprint density at radius 2 is 2.00 bits per heavy atom. The zero-order valence-electron chi connectivity index (χ0n) is 15.2. The van der Waals surface area contributed by atoms with E-state index in [0.29, 0.717) is 28.4 Å². The maximum Gasteiger partial charge on any atom is 0.284 e. The Morgan fingerprint density at radius 3 is 2.71 bits per heavy atom. The van der Waals surface area contributed by atoms with E-state index in [2.05, 4.69) is 10.5 Å². The average molecular weight is 379 g/mol. The van der Waals surface area contributed by atoms with Crippen LogP contribution in [0.5, 0.6) is 5.75 Å². The number of hydrazone groups is 1. The highest BCUT2D eigenvalue weighted by Crippen LogP contribution is 2.33. The lowest BCUT2D eigenvalue weighted by atomic mass is 10.1. The summed E-state index contributed by atoms with van der Waals surface area (Å²) in [5.74, 6) is 0.681. The molecule has 1 N–H and O–H groups in total. The lowest BCUT2D eigenvalue weighted by Gasteiger charge is -2.03. The topological polar surface area (TPSA) is 107 Å². The van der Waals surface area contributed by atoms with Crippen LogP contribution in [-0.2, 0) is 0 Å². The number of furan rings is 1. The van der Waals surface area contributed by atoms with Gasteiger partial charge in [0.15, 0.2) is 0 Å². The molecular weight excluding hydrogens is 362 g/mol. The summed E-state index contributed by atoms with van der Waals surface area (Å²) in [5.41, 5.74) is 3.97. The van der Waals surface area contributed by atoms with Crippen LogP contribution < -0.4 is 10.2 Å². The molecule has 8 nitrogen and oxygen atoms in total. The molecular formula is C20H17N3O5. The fourth-order valence-corrected chi connectivity index (χ4v) is 2.61. The van der Waals surface area contributed by atoms with Crippen molar-refractivity contribution < 1.29 is 18.9 Å². The summed E-state index contributed by atoms with van der Waals surface area (Å²) >= 11 is 0. The third kappa shape index (κ3) is 4.07. The third-order valence-corrected chi connectivity index (χ3v) is 4.04. The number of hydrogen-bond acceptors (Lipinski definition) is 6. The molecule has 0 radical (unpaired) electrons. The van der Waals surface area contributed by atoms with Crippen molar-refractivity contribution >= 4 is 17.8 Å². The van der Waals surface area contributed by atoms with Gasteiger partial charge in [-0.15, -0.1) is 0 Å². The van der Waals surface area contributed by atoms with E-state index in [1.807, 2.05) is 19.1 Å². The highest BCUT2D eigenvalue weighted by molar-refractivity contribution is 5.96. The van der Waals surface area contributed by atoms with Crippen molar-refractivity contribution in [3.8, 4) is 17.1 Å². The molecule has 3 rings (SSSR count). The number of aryl methyl sites for hydroxylation is 1. The molecule has 2 aromatic carbocycles. The highest BCUT2D eigenvalue weighted by Gasteiger charge is 2.19. The van der Waals surface area contributed by atoms with Crippen molar-refractivity contribution in [2.45, 2.75) is 6.92 Å². The summed E-state index contributed by atoms with van der Waals surface area (Å²) in [4.78, 5) is 22.9. The second-order valence-electron chi connectivity index (χ2n) is 5.86. The van der Waals surface area contributed by atoms with Crippen LogP contribution in [0, 0.1) is 17.0 Å². The van der Waals surface area contributed by atoms with Gasteiger partial charge in [-0.2, -0.15) is 5.10 Å². The SMILES string of the molecule is COc1ccc(-c2ccc(/C=N/NC(=O)c3ccccc3C)o2)c([N+](=O)[O-])c1. The van der Waals surface area contributed by atoms with Crippen LogP contribution in [0.3, 0.4) is 0 Å². The largest absolute Gasteiger partial charge is 0.497 e. The van der Waals surface area contributed by atoms with Gasteiger partial charge in [-0.3, -0.25) is 14.9 Å². The van der Waals surface area contributed by atoms with E-state index in [9.17, 15) is 14.9 Å². The molecule has 8 heteroatoms. The normalized spacial score (nSPS) is 10.8. The number of amides is 1. The first-order valence-corrected chi connectivity index (χ1v) is 8.31. The van der Waals surface area contributed by atoms with Crippen LogP contribution in [0.1, 0.15) is 21.7 Å².